The van der Waals surface area contributed by atoms with E-state index in [0.717, 1.165) is 12.6 Å². The monoisotopic (exact) mass is 185 g/mol. The molecule has 2 atom stereocenters. The van der Waals surface area contributed by atoms with Crippen molar-refractivity contribution in [1.29, 1.82) is 0 Å². The van der Waals surface area contributed by atoms with Crippen LogP contribution in [0.4, 0.5) is 0 Å². The molecule has 0 amide bonds. The fraction of sp³-hybridized carbons (Fsp3) is 1.00. The molecule has 0 saturated carbocycles. The first kappa shape index (κ1) is 11.0. The van der Waals surface area contributed by atoms with Gasteiger partial charge in [0.2, 0.25) is 0 Å². The Hall–Kier alpha value is -0.0800. The van der Waals surface area contributed by atoms with E-state index in [2.05, 4.69) is 18.7 Å². The minimum atomic E-state index is 0.372. The number of hydrogen-bond donors (Lipinski definition) is 1. The van der Waals surface area contributed by atoms with Crippen LogP contribution in [0, 0.1) is 5.92 Å². The standard InChI is InChI=1S/C11H23NO/c1-3-7-12-8-10(9-13)5-6-11(12)4-2/h10-11,13H,3-9H2,1-2H3. The zero-order valence-electron chi connectivity index (χ0n) is 9.00. The summed E-state index contributed by atoms with van der Waals surface area (Å²) in [4.78, 5) is 2.56. The quantitative estimate of drug-likeness (QED) is 0.723. The predicted octanol–water partition coefficient (Wildman–Crippen LogP) is 1.88. The summed E-state index contributed by atoms with van der Waals surface area (Å²) in [6.07, 6.45) is 4.99. The Morgan fingerprint density at radius 3 is 2.62 bits per heavy atom. The molecule has 1 heterocycles. The van der Waals surface area contributed by atoms with Crippen LogP contribution in [-0.2, 0) is 0 Å². The molecule has 0 aromatic carbocycles. The first-order chi connectivity index (χ1) is 6.31. The van der Waals surface area contributed by atoms with Crippen molar-refractivity contribution in [1.82, 2.24) is 4.90 Å². The number of likely N-dealkylation sites (tertiary alicyclic amines) is 1. The van der Waals surface area contributed by atoms with E-state index in [9.17, 15) is 0 Å². The molecule has 0 aromatic rings. The Bertz CT molecular complexity index is 138. The van der Waals surface area contributed by atoms with Crippen molar-refractivity contribution in [2.75, 3.05) is 19.7 Å². The van der Waals surface area contributed by atoms with Crippen LogP contribution < -0.4 is 0 Å². The highest BCUT2D eigenvalue weighted by atomic mass is 16.3. The van der Waals surface area contributed by atoms with E-state index >= 15 is 0 Å². The summed E-state index contributed by atoms with van der Waals surface area (Å²) >= 11 is 0. The number of aliphatic hydroxyl groups is 1. The molecule has 1 saturated heterocycles. The van der Waals surface area contributed by atoms with Gasteiger partial charge in [-0.15, -0.1) is 0 Å². The van der Waals surface area contributed by atoms with Crippen molar-refractivity contribution in [3.05, 3.63) is 0 Å². The molecule has 2 unspecified atom stereocenters. The van der Waals surface area contributed by atoms with Crippen molar-refractivity contribution < 1.29 is 5.11 Å². The third kappa shape index (κ3) is 2.96. The van der Waals surface area contributed by atoms with E-state index < -0.39 is 0 Å². The van der Waals surface area contributed by atoms with Crippen LogP contribution in [0.15, 0.2) is 0 Å². The lowest BCUT2D eigenvalue weighted by molar-refractivity contribution is 0.0733. The largest absolute Gasteiger partial charge is 0.396 e. The molecule has 1 rings (SSSR count). The van der Waals surface area contributed by atoms with Crippen LogP contribution in [0.1, 0.15) is 39.5 Å². The highest BCUT2D eigenvalue weighted by molar-refractivity contribution is 4.80. The lowest BCUT2D eigenvalue weighted by Gasteiger charge is -2.38. The smallest absolute Gasteiger partial charge is 0.0471 e. The zero-order chi connectivity index (χ0) is 9.68. The summed E-state index contributed by atoms with van der Waals surface area (Å²) in [5.41, 5.74) is 0. The summed E-state index contributed by atoms with van der Waals surface area (Å²) in [5, 5.41) is 9.11. The highest BCUT2D eigenvalue weighted by Crippen LogP contribution is 2.23. The number of aliphatic hydroxyl groups excluding tert-OH is 1. The van der Waals surface area contributed by atoms with Gasteiger partial charge in [0.1, 0.15) is 0 Å². The molecule has 2 nitrogen and oxygen atoms in total. The van der Waals surface area contributed by atoms with Crippen molar-refractivity contribution in [3.8, 4) is 0 Å². The Balaban J connectivity index is 2.42. The summed E-state index contributed by atoms with van der Waals surface area (Å²) in [7, 11) is 0. The molecule has 0 spiro atoms. The molecule has 2 heteroatoms. The first-order valence-electron chi connectivity index (χ1n) is 5.66. The van der Waals surface area contributed by atoms with Crippen LogP contribution in [0.25, 0.3) is 0 Å². The molecular formula is C11H23NO. The van der Waals surface area contributed by atoms with Crippen LogP contribution in [0.3, 0.4) is 0 Å². The SMILES string of the molecule is CCCN1CC(CO)CCC1CC. The maximum atomic E-state index is 9.11. The lowest BCUT2D eigenvalue weighted by Crippen LogP contribution is -2.44. The van der Waals surface area contributed by atoms with Crippen molar-refractivity contribution >= 4 is 0 Å². The van der Waals surface area contributed by atoms with Crippen molar-refractivity contribution in [2.24, 2.45) is 5.92 Å². The van der Waals surface area contributed by atoms with Gasteiger partial charge in [0.15, 0.2) is 0 Å². The molecule has 1 aliphatic heterocycles. The molecule has 0 bridgehead atoms. The van der Waals surface area contributed by atoms with Crippen LogP contribution in [0.2, 0.25) is 0 Å². The predicted molar refractivity (Wildman–Crippen MR) is 55.8 cm³/mol. The van der Waals surface area contributed by atoms with E-state index in [4.69, 9.17) is 5.11 Å². The average molecular weight is 185 g/mol. The second-order valence-electron chi connectivity index (χ2n) is 4.18. The Kier molecular flexibility index (Phi) is 4.74. The number of nitrogens with zero attached hydrogens (tertiary/aromatic N) is 1. The third-order valence-electron chi connectivity index (χ3n) is 3.16. The Morgan fingerprint density at radius 2 is 2.08 bits per heavy atom. The van der Waals surface area contributed by atoms with E-state index in [-0.39, 0.29) is 0 Å². The van der Waals surface area contributed by atoms with Crippen molar-refractivity contribution in [2.45, 2.75) is 45.6 Å². The molecule has 0 aromatic heterocycles. The van der Waals surface area contributed by atoms with E-state index in [0.29, 0.717) is 12.5 Å². The lowest BCUT2D eigenvalue weighted by atomic mass is 9.92. The Labute approximate surface area is 81.9 Å². The minimum absolute atomic E-state index is 0.372. The summed E-state index contributed by atoms with van der Waals surface area (Å²) < 4.78 is 0. The second kappa shape index (κ2) is 5.61. The topological polar surface area (TPSA) is 23.5 Å². The van der Waals surface area contributed by atoms with Gasteiger partial charge in [-0.25, -0.2) is 0 Å². The molecule has 1 aliphatic rings. The highest BCUT2D eigenvalue weighted by Gasteiger charge is 2.25. The molecular weight excluding hydrogens is 162 g/mol. The minimum Gasteiger partial charge on any atom is -0.396 e. The van der Waals surface area contributed by atoms with Gasteiger partial charge in [0, 0.05) is 19.2 Å². The Morgan fingerprint density at radius 1 is 1.31 bits per heavy atom. The van der Waals surface area contributed by atoms with Crippen molar-refractivity contribution in [3.63, 3.8) is 0 Å². The van der Waals surface area contributed by atoms with Gasteiger partial charge in [0.25, 0.3) is 0 Å². The van der Waals surface area contributed by atoms with Gasteiger partial charge in [-0.3, -0.25) is 0 Å². The van der Waals surface area contributed by atoms with E-state index in [1.54, 1.807) is 0 Å². The maximum absolute atomic E-state index is 9.11. The normalized spacial score (nSPS) is 30.7. The van der Waals surface area contributed by atoms with E-state index in [1.807, 2.05) is 0 Å². The average Bonchev–Trinajstić information content (AvgIpc) is 2.18. The molecule has 0 radical (unpaired) electrons. The number of piperidine rings is 1. The van der Waals surface area contributed by atoms with Crippen LogP contribution in [-0.4, -0.2) is 35.7 Å². The second-order valence-corrected chi connectivity index (χ2v) is 4.18. The first-order valence-corrected chi connectivity index (χ1v) is 5.66. The van der Waals surface area contributed by atoms with Crippen LogP contribution in [0.5, 0.6) is 0 Å². The molecule has 1 N–H and O–H groups in total. The number of hydrogen-bond acceptors (Lipinski definition) is 2. The van der Waals surface area contributed by atoms with Gasteiger partial charge >= 0.3 is 0 Å². The molecule has 78 valence electrons. The molecule has 0 aliphatic carbocycles. The van der Waals surface area contributed by atoms with Crippen LogP contribution >= 0.6 is 0 Å². The maximum Gasteiger partial charge on any atom is 0.0471 e. The van der Waals surface area contributed by atoms with Gasteiger partial charge in [-0.1, -0.05) is 13.8 Å². The van der Waals surface area contributed by atoms with Gasteiger partial charge in [-0.05, 0) is 38.1 Å². The fourth-order valence-corrected chi connectivity index (χ4v) is 2.36. The third-order valence-corrected chi connectivity index (χ3v) is 3.16. The number of rotatable bonds is 4. The molecule has 13 heavy (non-hydrogen) atoms. The van der Waals surface area contributed by atoms with E-state index in [1.165, 1.54) is 32.2 Å². The summed E-state index contributed by atoms with van der Waals surface area (Å²) in [6, 6.07) is 0.780. The summed E-state index contributed by atoms with van der Waals surface area (Å²) in [5.74, 6) is 0.536. The van der Waals surface area contributed by atoms with Gasteiger partial charge in [-0.2, -0.15) is 0 Å². The fourth-order valence-electron chi connectivity index (χ4n) is 2.36. The van der Waals surface area contributed by atoms with Gasteiger partial charge in [0.05, 0.1) is 0 Å². The zero-order valence-corrected chi connectivity index (χ0v) is 9.00. The summed E-state index contributed by atoms with van der Waals surface area (Å²) in [6.45, 7) is 7.19. The van der Waals surface area contributed by atoms with Gasteiger partial charge < -0.3 is 10.0 Å². The molecule has 1 fully saturated rings.